The summed E-state index contributed by atoms with van der Waals surface area (Å²) in [7, 11) is 2.18. The molecule has 0 spiro atoms. The van der Waals surface area contributed by atoms with Gasteiger partial charge in [0.05, 0.1) is 23.4 Å². The number of benzene rings is 1. The van der Waals surface area contributed by atoms with Crippen molar-refractivity contribution in [2.75, 3.05) is 70.2 Å². The van der Waals surface area contributed by atoms with E-state index < -0.39 is 0 Å². The van der Waals surface area contributed by atoms with E-state index in [1.165, 1.54) is 11.1 Å². The number of morpholine rings is 1. The first-order chi connectivity index (χ1) is 15.6. The van der Waals surface area contributed by atoms with Crippen LogP contribution in [0.25, 0.3) is 21.6 Å². The third-order valence-corrected chi connectivity index (χ3v) is 7.30. The van der Waals surface area contributed by atoms with E-state index in [0.29, 0.717) is 30.3 Å². The molecule has 0 bridgehead atoms. The lowest BCUT2D eigenvalue weighted by Gasteiger charge is -2.31. The molecule has 168 valence electrons. The Hall–Kier alpha value is -2.59. The molecule has 0 saturated carbocycles. The number of nitrogens with two attached hydrogens (primary N) is 1. The number of anilines is 2. The number of hydrogen-bond donors (Lipinski definition) is 2. The molecule has 4 heterocycles. The van der Waals surface area contributed by atoms with Crippen LogP contribution < -0.4 is 10.6 Å². The lowest BCUT2D eigenvalue weighted by atomic mass is 10.1. The van der Waals surface area contributed by atoms with E-state index in [4.69, 9.17) is 25.8 Å². The van der Waals surface area contributed by atoms with Gasteiger partial charge >= 0.3 is 0 Å². The summed E-state index contributed by atoms with van der Waals surface area (Å²) in [5, 5.41) is 7.50. The van der Waals surface area contributed by atoms with Crippen molar-refractivity contribution in [1.82, 2.24) is 19.8 Å². The Balaban J connectivity index is 1.53. The molecule has 5 rings (SSSR count). The Morgan fingerprint density at radius 2 is 1.88 bits per heavy atom. The number of likely N-dealkylation sites (N-methyl/N-ethyl adjacent to an activating group) is 1. The molecule has 2 fully saturated rings. The summed E-state index contributed by atoms with van der Waals surface area (Å²) in [6, 6.07) is 7.88. The summed E-state index contributed by atoms with van der Waals surface area (Å²) in [6.45, 7) is 8.43. The van der Waals surface area contributed by atoms with Crippen molar-refractivity contribution in [3.8, 4) is 11.4 Å². The molecule has 0 amide bonds. The predicted molar refractivity (Wildman–Crippen MR) is 131 cm³/mol. The molecular weight excluding hydrogens is 422 g/mol. The number of nitrogens with one attached hydrogen (secondary N) is 1. The summed E-state index contributed by atoms with van der Waals surface area (Å²) < 4.78 is 6.72. The lowest BCUT2D eigenvalue weighted by molar-refractivity contribution is 0.122. The Morgan fingerprint density at radius 1 is 1.09 bits per heavy atom. The predicted octanol–water partition coefficient (Wildman–Crippen LogP) is 2.52. The van der Waals surface area contributed by atoms with Crippen LogP contribution in [0.3, 0.4) is 0 Å². The van der Waals surface area contributed by atoms with Gasteiger partial charge in [-0.1, -0.05) is 12.1 Å². The van der Waals surface area contributed by atoms with Gasteiger partial charge in [0.2, 0.25) is 0 Å². The zero-order valence-electron chi connectivity index (χ0n) is 18.4. The quantitative estimate of drug-likeness (QED) is 0.455. The smallest absolute Gasteiger partial charge is 0.162 e. The first-order valence-corrected chi connectivity index (χ1v) is 11.9. The van der Waals surface area contributed by atoms with E-state index >= 15 is 0 Å². The maximum absolute atomic E-state index is 7.50. The van der Waals surface area contributed by atoms with Gasteiger partial charge in [-0.15, -0.1) is 11.3 Å². The second kappa shape index (κ2) is 9.11. The summed E-state index contributed by atoms with van der Waals surface area (Å²) in [6.07, 6.45) is 1.27. The van der Waals surface area contributed by atoms with E-state index in [9.17, 15) is 0 Å². The Bertz CT molecular complexity index is 1120. The molecule has 2 aliphatic rings. The first kappa shape index (κ1) is 21.3. The maximum atomic E-state index is 7.50. The van der Waals surface area contributed by atoms with Crippen LogP contribution in [0.4, 0.5) is 11.5 Å². The van der Waals surface area contributed by atoms with Gasteiger partial charge in [0, 0.05) is 73.7 Å². The van der Waals surface area contributed by atoms with Crippen molar-refractivity contribution in [3.05, 3.63) is 34.7 Å². The van der Waals surface area contributed by atoms with Crippen molar-refractivity contribution in [2.45, 2.75) is 6.54 Å². The van der Waals surface area contributed by atoms with Gasteiger partial charge in [-0.05, 0) is 19.2 Å². The monoisotopic (exact) mass is 451 g/mol. The highest BCUT2D eigenvalue weighted by atomic mass is 32.1. The molecular formula is C23H29N7OS. The van der Waals surface area contributed by atoms with Crippen LogP contribution in [0.2, 0.25) is 0 Å². The van der Waals surface area contributed by atoms with Gasteiger partial charge in [0.1, 0.15) is 0 Å². The van der Waals surface area contributed by atoms with Gasteiger partial charge in [-0.3, -0.25) is 4.90 Å². The molecule has 8 nitrogen and oxygen atoms in total. The lowest BCUT2D eigenvalue weighted by Crippen LogP contribution is -2.43. The van der Waals surface area contributed by atoms with Crippen LogP contribution in [-0.4, -0.2) is 85.5 Å². The zero-order chi connectivity index (χ0) is 22.1. The molecule has 9 heteroatoms. The Morgan fingerprint density at radius 3 is 2.59 bits per heavy atom. The van der Waals surface area contributed by atoms with Crippen LogP contribution in [0.15, 0.2) is 24.3 Å². The molecule has 3 N–H and O–H groups in total. The average Bonchev–Trinajstić information content (AvgIpc) is 3.23. The molecule has 0 radical (unpaired) electrons. The number of nitrogens with zero attached hydrogens (tertiary/aromatic N) is 5. The van der Waals surface area contributed by atoms with Gasteiger partial charge in [0.25, 0.3) is 0 Å². The molecule has 1 aromatic carbocycles. The number of piperazine rings is 1. The third-order valence-electron chi connectivity index (χ3n) is 6.19. The fourth-order valence-corrected chi connectivity index (χ4v) is 5.39. The molecule has 2 saturated heterocycles. The van der Waals surface area contributed by atoms with Gasteiger partial charge < -0.3 is 25.7 Å². The van der Waals surface area contributed by atoms with Crippen molar-refractivity contribution < 1.29 is 4.74 Å². The standard InChI is InChI=1S/C23H29N7OS/c1-28-4-6-29(7-5-28)15-18-13-20-21(32-18)23(30-8-10-31-11-9-30)27-22(26-20)16-2-3-17(14-24)19(25)12-16/h2-3,12-14,24H,4-11,15,25H2,1H3. The van der Waals surface area contributed by atoms with Crippen LogP contribution in [0.1, 0.15) is 10.4 Å². The fraction of sp³-hybridized carbons (Fsp3) is 0.435. The van der Waals surface area contributed by atoms with E-state index in [-0.39, 0.29) is 0 Å². The minimum atomic E-state index is 0.565. The molecule has 2 aromatic heterocycles. The zero-order valence-corrected chi connectivity index (χ0v) is 19.2. The van der Waals surface area contributed by atoms with Crippen molar-refractivity contribution in [3.63, 3.8) is 0 Å². The van der Waals surface area contributed by atoms with Crippen molar-refractivity contribution in [1.29, 1.82) is 5.41 Å². The van der Waals surface area contributed by atoms with E-state index in [1.807, 2.05) is 29.5 Å². The fourth-order valence-electron chi connectivity index (χ4n) is 4.23. The van der Waals surface area contributed by atoms with Crippen LogP contribution in [0.5, 0.6) is 0 Å². The Labute approximate surface area is 192 Å². The van der Waals surface area contributed by atoms with Crippen molar-refractivity contribution in [2.24, 2.45) is 0 Å². The molecule has 0 atom stereocenters. The summed E-state index contributed by atoms with van der Waals surface area (Å²) in [4.78, 5) is 18.5. The average molecular weight is 452 g/mol. The SMILES string of the molecule is CN1CCN(Cc2cc3nc(-c4ccc(C=N)c(N)c4)nc(N4CCOCC4)c3s2)CC1. The molecule has 2 aliphatic heterocycles. The molecule has 32 heavy (non-hydrogen) atoms. The summed E-state index contributed by atoms with van der Waals surface area (Å²) >= 11 is 1.81. The highest BCUT2D eigenvalue weighted by Gasteiger charge is 2.22. The number of aromatic nitrogens is 2. The Kier molecular flexibility index (Phi) is 6.05. The number of hydrogen-bond acceptors (Lipinski definition) is 9. The van der Waals surface area contributed by atoms with E-state index in [1.54, 1.807) is 0 Å². The highest BCUT2D eigenvalue weighted by molar-refractivity contribution is 7.19. The minimum absolute atomic E-state index is 0.565. The van der Waals surface area contributed by atoms with E-state index in [0.717, 1.165) is 67.4 Å². The number of nitrogen functional groups attached to an aromatic ring is 1. The molecule has 3 aromatic rings. The third kappa shape index (κ3) is 4.33. The van der Waals surface area contributed by atoms with Crippen LogP contribution >= 0.6 is 11.3 Å². The first-order valence-electron chi connectivity index (χ1n) is 11.0. The second-order valence-electron chi connectivity index (χ2n) is 8.46. The highest BCUT2D eigenvalue weighted by Crippen LogP contribution is 2.35. The van der Waals surface area contributed by atoms with Crippen molar-refractivity contribution >= 4 is 39.3 Å². The summed E-state index contributed by atoms with van der Waals surface area (Å²) in [5.41, 5.74) is 9.27. The largest absolute Gasteiger partial charge is 0.398 e. The number of thiophene rings is 1. The normalized spacial score (nSPS) is 18.3. The number of ether oxygens (including phenoxy) is 1. The topological polar surface area (TPSA) is 94.6 Å². The van der Waals surface area contributed by atoms with Gasteiger partial charge in [0.15, 0.2) is 11.6 Å². The molecule has 0 unspecified atom stereocenters. The van der Waals surface area contributed by atoms with Gasteiger partial charge in [-0.2, -0.15) is 0 Å². The maximum Gasteiger partial charge on any atom is 0.162 e. The number of rotatable bonds is 5. The summed E-state index contributed by atoms with van der Waals surface area (Å²) in [5.74, 6) is 1.66. The van der Waals surface area contributed by atoms with E-state index in [2.05, 4.69) is 27.8 Å². The second-order valence-corrected chi connectivity index (χ2v) is 9.60. The van der Waals surface area contributed by atoms with Crippen LogP contribution in [-0.2, 0) is 11.3 Å². The van der Waals surface area contributed by atoms with Gasteiger partial charge in [-0.25, -0.2) is 9.97 Å². The minimum Gasteiger partial charge on any atom is -0.398 e. The number of fused-ring (bicyclic) bond motifs is 1. The van der Waals surface area contributed by atoms with Crippen LogP contribution in [0, 0.1) is 5.41 Å². The molecule has 0 aliphatic carbocycles.